The van der Waals surface area contributed by atoms with Gasteiger partial charge in [0.1, 0.15) is 0 Å². The molecule has 0 radical (unpaired) electrons. The predicted molar refractivity (Wildman–Crippen MR) is 131 cm³/mol. The number of carbonyl (C=O) groups is 2. The third-order valence-electron chi connectivity index (χ3n) is 6.24. The monoisotopic (exact) mass is 472 g/mol. The molecule has 2 aromatic heterocycles. The minimum atomic E-state index is -0.708. The fourth-order valence-corrected chi connectivity index (χ4v) is 4.32. The van der Waals surface area contributed by atoms with Crippen LogP contribution in [0.25, 0.3) is 0 Å². The van der Waals surface area contributed by atoms with Crippen LogP contribution in [-0.2, 0) is 11.3 Å². The second-order valence-corrected chi connectivity index (χ2v) is 9.98. The van der Waals surface area contributed by atoms with Crippen molar-refractivity contribution in [2.45, 2.75) is 84.2 Å². The van der Waals surface area contributed by atoms with E-state index in [2.05, 4.69) is 25.6 Å². The van der Waals surface area contributed by atoms with Crippen LogP contribution in [0.2, 0.25) is 0 Å². The molecule has 1 aliphatic rings. The molecule has 2 aromatic rings. The zero-order chi connectivity index (χ0) is 24.6. The number of aromatic nitrogens is 3. The summed E-state index contributed by atoms with van der Waals surface area (Å²) in [6, 6.07) is 1.84. The first-order chi connectivity index (χ1) is 16.3. The second kappa shape index (κ2) is 12.1. The third-order valence-corrected chi connectivity index (χ3v) is 6.24. The van der Waals surface area contributed by atoms with E-state index in [9.17, 15) is 9.59 Å². The van der Waals surface area contributed by atoms with Gasteiger partial charge in [-0.05, 0) is 65.2 Å². The van der Waals surface area contributed by atoms with Crippen molar-refractivity contribution in [3.63, 3.8) is 0 Å². The van der Waals surface area contributed by atoms with Crippen molar-refractivity contribution in [2.75, 3.05) is 26.2 Å². The number of hydrogen-bond donors (Lipinski definition) is 2. The number of amides is 2. The molecule has 1 fully saturated rings. The minimum Gasteiger partial charge on any atom is -0.435 e. The van der Waals surface area contributed by atoms with E-state index >= 15 is 0 Å². The molecule has 1 atom stereocenters. The Morgan fingerprint density at radius 1 is 1.21 bits per heavy atom. The summed E-state index contributed by atoms with van der Waals surface area (Å²) in [5.74, 6) is 0.508. The largest absolute Gasteiger partial charge is 0.435 e. The van der Waals surface area contributed by atoms with Gasteiger partial charge in [0.2, 0.25) is 11.7 Å². The molecule has 0 saturated carbocycles. The van der Waals surface area contributed by atoms with Gasteiger partial charge < -0.3 is 20.0 Å². The van der Waals surface area contributed by atoms with Crippen molar-refractivity contribution in [1.29, 1.82) is 0 Å². The lowest BCUT2D eigenvalue weighted by Gasteiger charge is -2.31. The number of nitrogens with one attached hydrogen (secondary N) is 2. The van der Waals surface area contributed by atoms with Gasteiger partial charge in [-0.2, -0.15) is 5.10 Å². The molecular weight excluding hydrogens is 432 g/mol. The first-order valence-electron chi connectivity index (χ1n) is 12.5. The van der Waals surface area contributed by atoms with Gasteiger partial charge >= 0.3 is 0 Å². The van der Waals surface area contributed by atoms with Crippen LogP contribution in [0.5, 0.6) is 0 Å². The van der Waals surface area contributed by atoms with Crippen LogP contribution >= 0.6 is 0 Å². The van der Waals surface area contributed by atoms with Crippen LogP contribution in [0.4, 0.5) is 0 Å². The van der Waals surface area contributed by atoms with Gasteiger partial charge in [0.25, 0.3) is 5.91 Å². The highest BCUT2D eigenvalue weighted by Crippen LogP contribution is 2.18. The van der Waals surface area contributed by atoms with Crippen LogP contribution in [0.15, 0.2) is 22.9 Å². The molecule has 3 rings (SSSR count). The van der Waals surface area contributed by atoms with Gasteiger partial charge in [0.05, 0.1) is 17.8 Å². The molecule has 188 valence electrons. The third kappa shape index (κ3) is 7.68. The molecule has 0 bridgehead atoms. The number of rotatable bonds is 12. The lowest BCUT2D eigenvalue weighted by molar-refractivity contribution is -0.123. The first-order valence-corrected chi connectivity index (χ1v) is 12.5. The fourth-order valence-electron chi connectivity index (χ4n) is 4.32. The maximum absolute atomic E-state index is 12.8. The number of oxazole rings is 1. The lowest BCUT2D eigenvalue weighted by atomic mass is 10.0. The minimum absolute atomic E-state index is 0.0134. The van der Waals surface area contributed by atoms with E-state index in [1.165, 1.54) is 32.4 Å². The van der Waals surface area contributed by atoms with Crippen LogP contribution in [0, 0.1) is 6.92 Å². The summed E-state index contributed by atoms with van der Waals surface area (Å²) in [7, 11) is 0. The Hall–Kier alpha value is -2.68. The number of aryl methyl sites for hydroxylation is 1. The number of likely N-dealkylation sites (tertiary alicyclic amines) is 1. The number of carbonyl (C=O) groups excluding carboxylic acids is 2. The zero-order valence-corrected chi connectivity index (χ0v) is 21.1. The average molecular weight is 473 g/mol. The number of hydrogen-bond acceptors (Lipinski definition) is 6. The average Bonchev–Trinajstić information content (AvgIpc) is 3.45. The Morgan fingerprint density at radius 3 is 2.62 bits per heavy atom. The molecule has 1 saturated heterocycles. The van der Waals surface area contributed by atoms with Crippen molar-refractivity contribution < 1.29 is 14.0 Å². The van der Waals surface area contributed by atoms with Gasteiger partial charge in [0, 0.05) is 31.3 Å². The molecule has 9 heteroatoms. The highest BCUT2D eigenvalue weighted by molar-refractivity contribution is 5.92. The van der Waals surface area contributed by atoms with Crippen molar-refractivity contribution in [3.8, 4) is 0 Å². The van der Waals surface area contributed by atoms with E-state index < -0.39 is 5.54 Å². The van der Waals surface area contributed by atoms with Crippen molar-refractivity contribution in [3.05, 3.63) is 35.8 Å². The smallest absolute Gasteiger partial charge is 0.289 e. The molecule has 0 aliphatic carbocycles. The Balaban J connectivity index is 1.54. The van der Waals surface area contributed by atoms with Crippen molar-refractivity contribution in [1.82, 2.24) is 30.3 Å². The molecule has 9 nitrogen and oxygen atoms in total. The quantitative estimate of drug-likeness (QED) is 0.460. The van der Waals surface area contributed by atoms with E-state index in [1.807, 2.05) is 33.0 Å². The highest BCUT2D eigenvalue weighted by Gasteiger charge is 2.29. The molecule has 0 spiro atoms. The van der Waals surface area contributed by atoms with Gasteiger partial charge in [0.15, 0.2) is 5.89 Å². The van der Waals surface area contributed by atoms with Gasteiger partial charge in [-0.1, -0.05) is 20.3 Å². The molecule has 2 N–H and O–H groups in total. The predicted octanol–water partition coefficient (Wildman–Crippen LogP) is 3.26. The number of unbranched alkanes of at least 4 members (excludes halogenated alkanes) is 1. The molecule has 3 heterocycles. The Bertz CT molecular complexity index is 917. The van der Waals surface area contributed by atoms with E-state index in [0.29, 0.717) is 24.6 Å². The van der Waals surface area contributed by atoms with Gasteiger partial charge in [-0.3, -0.25) is 14.3 Å². The molecule has 0 aromatic carbocycles. The Kier molecular flexibility index (Phi) is 9.27. The van der Waals surface area contributed by atoms with E-state index in [1.54, 1.807) is 17.8 Å². The summed E-state index contributed by atoms with van der Waals surface area (Å²) in [6.07, 6.45) is 9.78. The van der Waals surface area contributed by atoms with E-state index in [0.717, 1.165) is 19.4 Å². The number of nitrogens with zero attached hydrogens (tertiary/aromatic N) is 4. The Labute approximate surface area is 202 Å². The Morgan fingerprint density at radius 2 is 1.97 bits per heavy atom. The van der Waals surface area contributed by atoms with Crippen LogP contribution in [0.1, 0.15) is 87.4 Å². The molecule has 1 unspecified atom stereocenters. The summed E-state index contributed by atoms with van der Waals surface area (Å²) < 4.78 is 7.44. The summed E-state index contributed by atoms with van der Waals surface area (Å²) in [4.78, 5) is 32.4. The topological polar surface area (TPSA) is 105 Å². The lowest BCUT2D eigenvalue weighted by Crippen LogP contribution is -2.56. The van der Waals surface area contributed by atoms with E-state index in [-0.39, 0.29) is 30.0 Å². The van der Waals surface area contributed by atoms with Crippen molar-refractivity contribution in [2.24, 2.45) is 0 Å². The first kappa shape index (κ1) is 25.9. The summed E-state index contributed by atoms with van der Waals surface area (Å²) >= 11 is 0. The fraction of sp³-hybridized carbons (Fsp3) is 0.680. The van der Waals surface area contributed by atoms with Crippen LogP contribution < -0.4 is 10.6 Å². The molecule has 2 amide bonds. The van der Waals surface area contributed by atoms with Gasteiger partial charge in [-0.25, -0.2) is 4.98 Å². The summed E-state index contributed by atoms with van der Waals surface area (Å²) in [5.41, 5.74) is -0.145. The SMILES string of the molecule is Cc1nc(C(C)C)oc1C(=O)NCC(C)(Cn1cccn1)NC(=O)CCCCN1CCCCC1. The summed E-state index contributed by atoms with van der Waals surface area (Å²) in [5, 5.41) is 10.3. The second-order valence-electron chi connectivity index (χ2n) is 9.98. The maximum Gasteiger partial charge on any atom is 0.289 e. The molecular formula is C25H40N6O3. The molecule has 1 aliphatic heterocycles. The standard InChI is InChI=1S/C25H40N6O3/c1-19(2)24-28-20(3)22(34-24)23(33)26-17-25(4,18-31-16-10-12-27-31)29-21(32)11-6-9-15-30-13-7-5-8-14-30/h10,12,16,19H,5-9,11,13-15,17-18H2,1-4H3,(H,26,33)(H,29,32). The van der Waals surface area contributed by atoms with Crippen LogP contribution in [0.3, 0.4) is 0 Å². The van der Waals surface area contributed by atoms with Crippen LogP contribution in [-0.4, -0.2) is 63.2 Å². The summed E-state index contributed by atoms with van der Waals surface area (Å²) in [6.45, 7) is 11.7. The molecule has 34 heavy (non-hydrogen) atoms. The zero-order valence-electron chi connectivity index (χ0n) is 21.1. The van der Waals surface area contributed by atoms with Gasteiger partial charge in [-0.15, -0.1) is 0 Å². The van der Waals surface area contributed by atoms with E-state index in [4.69, 9.17) is 4.42 Å². The highest BCUT2D eigenvalue weighted by atomic mass is 16.4. The van der Waals surface area contributed by atoms with Crippen molar-refractivity contribution >= 4 is 11.8 Å². The maximum atomic E-state index is 12.8. The number of piperidine rings is 1. The normalized spacial score (nSPS) is 16.4.